The number of fused-ring (bicyclic) bond motifs is 4. The van der Waals surface area contributed by atoms with Crippen LogP contribution in [0.2, 0.25) is 0 Å². The van der Waals surface area contributed by atoms with Crippen LogP contribution in [0.1, 0.15) is 47.7 Å². The maximum Gasteiger partial charge on any atom is 0.255 e. The molecule has 8 N–H and O–H groups in total. The smallest absolute Gasteiger partial charge is 0.255 e. The second kappa shape index (κ2) is 8.38. The van der Waals surface area contributed by atoms with Crippen LogP contribution in [0.4, 0.5) is 10.1 Å². The normalized spacial score (nSPS) is 28.8. The first-order valence-corrected chi connectivity index (χ1v) is 12.0. The van der Waals surface area contributed by atoms with E-state index in [1.54, 1.807) is 0 Å². The van der Waals surface area contributed by atoms with Gasteiger partial charge in [0.2, 0.25) is 11.7 Å². The summed E-state index contributed by atoms with van der Waals surface area (Å²) in [5.74, 6) is -9.21. The van der Waals surface area contributed by atoms with Crippen molar-refractivity contribution in [3.05, 3.63) is 45.2 Å². The molecule has 11 nitrogen and oxygen atoms in total. The number of phenolic OH excluding ortho intramolecular Hbond substituents is 1. The quantitative estimate of drug-likeness (QED) is 0.221. The van der Waals surface area contributed by atoms with E-state index in [2.05, 4.69) is 10.6 Å². The summed E-state index contributed by atoms with van der Waals surface area (Å²) in [5, 5.41) is 49.0. The predicted molar refractivity (Wildman–Crippen MR) is 125 cm³/mol. The lowest BCUT2D eigenvalue weighted by molar-refractivity contribution is -0.144. The van der Waals surface area contributed by atoms with Crippen LogP contribution in [0.15, 0.2) is 22.7 Å². The van der Waals surface area contributed by atoms with Gasteiger partial charge in [0.15, 0.2) is 17.1 Å². The van der Waals surface area contributed by atoms with Gasteiger partial charge in [0.1, 0.15) is 22.9 Å². The molecule has 4 atom stereocenters. The molecule has 3 aliphatic carbocycles. The van der Waals surface area contributed by atoms with Crippen LogP contribution < -0.4 is 16.4 Å². The monoisotopic (exact) mass is 515 g/mol. The van der Waals surface area contributed by atoms with Crippen LogP contribution >= 0.6 is 0 Å². The molecule has 196 valence electrons. The lowest BCUT2D eigenvalue weighted by atomic mass is 9.60. The molecule has 12 heteroatoms. The first-order valence-electron chi connectivity index (χ1n) is 12.0. The van der Waals surface area contributed by atoms with E-state index in [4.69, 9.17) is 5.73 Å². The summed E-state index contributed by atoms with van der Waals surface area (Å²) in [6.45, 7) is 2.42. The van der Waals surface area contributed by atoms with Gasteiger partial charge in [-0.2, -0.15) is 0 Å². The van der Waals surface area contributed by atoms with Gasteiger partial charge in [0, 0.05) is 35.5 Å². The number of benzene rings is 1. The molecule has 5 rings (SSSR count). The Labute approximate surface area is 209 Å². The highest BCUT2D eigenvalue weighted by molar-refractivity contribution is 6.24. The number of nitrogens with two attached hydrogens (primary N) is 1. The summed E-state index contributed by atoms with van der Waals surface area (Å²) < 4.78 is 15.8. The highest BCUT2D eigenvalue weighted by Gasteiger charge is 2.60. The molecule has 0 radical (unpaired) electrons. The molecule has 0 saturated heterocycles. The Hall–Kier alpha value is -3.77. The lowest BCUT2D eigenvalue weighted by Crippen LogP contribution is -2.57. The number of primary amides is 1. The number of Topliss-reactive ketones (excluding diaryl/α,β-unsaturated/α-hetero) is 2. The maximum atomic E-state index is 15.8. The van der Waals surface area contributed by atoms with Crippen molar-refractivity contribution in [2.24, 2.45) is 17.6 Å². The first-order chi connectivity index (χ1) is 17.4. The van der Waals surface area contributed by atoms with E-state index in [-0.39, 0.29) is 42.5 Å². The molecular formula is C25H26FN3O8. The van der Waals surface area contributed by atoms with Gasteiger partial charge in [0.05, 0.1) is 17.3 Å². The number of aromatic hydroxyl groups is 1. The molecule has 4 aliphatic rings. The van der Waals surface area contributed by atoms with Crippen LogP contribution in [0, 0.1) is 17.7 Å². The predicted octanol–water partition coefficient (Wildman–Crippen LogP) is 0.582. The van der Waals surface area contributed by atoms with Gasteiger partial charge in [-0.3, -0.25) is 19.2 Å². The fourth-order valence-corrected chi connectivity index (χ4v) is 6.08. The number of anilines is 1. The van der Waals surface area contributed by atoms with E-state index in [0.717, 1.165) is 6.42 Å². The number of carbonyl (C=O) groups excluding carboxylic acids is 4. The Bertz CT molecular complexity index is 1370. The number of amides is 2. The summed E-state index contributed by atoms with van der Waals surface area (Å²) in [6, 6.07) is -0.731. The third kappa shape index (κ3) is 3.32. The molecule has 0 spiro atoms. The maximum absolute atomic E-state index is 15.8. The Morgan fingerprint density at radius 2 is 1.86 bits per heavy atom. The molecule has 37 heavy (non-hydrogen) atoms. The zero-order valence-corrected chi connectivity index (χ0v) is 19.9. The molecule has 0 fully saturated rings. The second-order valence-corrected chi connectivity index (χ2v) is 9.98. The van der Waals surface area contributed by atoms with Crippen LogP contribution in [-0.4, -0.2) is 62.0 Å². The molecule has 0 aromatic heterocycles. The van der Waals surface area contributed by atoms with E-state index in [0.29, 0.717) is 6.54 Å². The fraction of sp³-hybridized carbons (Fsp3) is 0.440. The van der Waals surface area contributed by atoms with Crippen molar-refractivity contribution in [3.8, 4) is 5.75 Å². The molecule has 2 unspecified atom stereocenters. The van der Waals surface area contributed by atoms with Gasteiger partial charge in [-0.05, 0) is 31.7 Å². The molecule has 1 heterocycles. The topological polar surface area (TPSA) is 199 Å². The number of aliphatic hydroxyl groups excluding tert-OH is 2. The van der Waals surface area contributed by atoms with Gasteiger partial charge in [-0.1, -0.05) is 6.92 Å². The van der Waals surface area contributed by atoms with Crippen molar-refractivity contribution in [2.75, 3.05) is 11.9 Å². The van der Waals surface area contributed by atoms with Gasteiger partial charge in [-0.25, -0.2) is 4.39 Å². The van der Waals surface area contributed by atoms with Gasteiger partial charge < -0.3 is 36.8 Å². The van der Waals surface area contributed by atoms with Crippen LogP contribution in [0.5, 0.6) is 5.75 Å². The molecule has 1 aliphatic heterocycles. The summed E-state index contributed by atoms with van der Waals surface area (Å²) >= 11 is 0. The number of aliphatic hydroxyl groups is 3. The van der Waals surface area contributed by atoms with Crippen LogP contribution in [0.25, 0.3) is 0 Å². The molecule has 2 amide bonds. The van der Waals surface area contributed by atoms with Crippen molar-refractivity contribution < 1.29 is 44.0 Å². The van der Waals surface area contributed by atoms with Crippen molar-refractivity contribution in [3.63, 3.8) is 0 Å². The number of hydrogen-bond acceptors (Lipinski definition) is 9. The summed E-state index contributed by atoms with van der Waals surface area (Å²) in [5.41, 5.74) is 0.427. The zero-order valence-electron chi connectivity index (χ0n) is 19.9. The number of nitrogens with one attached hydrogen (secondary N) is 2. The van der Waals surface area contributed by atoms with E-state index in [1.165, 1.54) is 0 Å². The SMILES string of the molecule is CCCNC1Cc2c(F)c3c(c(O)c2NC1=O)C(=O)C1=C(O)[C@]2(O)C(=O)C(C(N)=O)=C(O)C[C@@H]2CC1C3. The minimum absolute atomic E-state index is 0.0424. The summed E-state index contributed by atoms with van der Waals surface area (Å²) in [7, 11) is 0. The largest absolute Gasteiger partial charge is 0.511 e. The summed E-state index contributed by atoms with van der Waals surface area (Å²) in [4.78, 5) is 50.8. The molecule has 1 aromatic rings. The van der Waals surface area contributed by atoms with Gasteiger partial charge >= 0.3 is 0 Å². The third-order valence-corrected chi connectivity index (χ3v) is 7.88. The number of halogens is 1. The number of carbonyl (C=O) groups is 4. The summed E-state index contributed by atoms with van der Waals surface area (Å²) in [6.07, 6.45) is 0.0704. The average molecular weight is 515 g/mol. The van der Waals surface area contributed by atoms with E-state index < -0.39 is 86.7 Å². The van der Waals surface area contributed by atoms with Gasteiger partial charge in [-0.15, -0.1) is 0 Å². The van der Waals surface area contributed by atoms with E-state index in [1.807, 2.05) is 6.92 Å². The number of ketones is 2. The fourth-order valence-electron chi connectivity index (χ4n) is 6.08. The van der Waals surface area contributed by atoms with Crippen molar-refractivity contribution in [1.82, 2.24) is 5.32 Å². The zero-order chi connectivity index (χ0) is 27.0. The van der Waals surface area contributed by atoms with Gasteiger partial charge in [0.25, 0.3) is 5.91 Å². The number of allylic oxidation sites excluding steroid dienone is 2. The minimum atomic E-state index is -2.70. The lowest BCUT2D eigenvalue weighted by Gasteiger charge is -2.45. The molecular weight excluding hydrogens is 489 g/mol. The minimum Gasteiger partial charge on any atom is -0.511 e. The Morgan fingerprint density at radius 1 is 1.16 bits per heavy atom. The molecule has 1 aromatic carbocycles. The third-order valence-electron chi connectivity index (χ3n) is 7.88. The second-order valence-electron chi connectivity index (χ2n) is 9.98. The Kier molecular flexibility index (Phi) is 5.64. The van der Waals surface area contributed by atoms with Crippen LogP contribution in [0.3, 0.4) is 0 Å². The highest BCUT2D eigenvalue weighted by Crippen LogP contribution is 2.53. The number of hydrogen-bond donors (Lipinski definition) is 7. The number of phenols is 1. The highest BCUT2D eigenvalue weighted by atomic mass is 19.1. The van der Waals surface area contributed by atoms with Crippen molar-refractivity contribution in [1.29, 1.82) is 0 Å². The Balaban J connectivity index is 1.63. The van der Waals surface area contributed by atoms with Crippen molar-refractivity contribution in [2.45, 2.75) is 50.7 Å². The first kappa shape index (κ1) is 24.9. The standard InChI is InChI=1S/C25H26FN3O8/c1-2-3-28-12-7-11-17(26)10-5-8-4-9-6-13(30)16(23(27)35)22(34)25(9,37)21(33)14(8)19(31)15(10)20(32)18(11)29-24(12)36/h8-9,12,28,30,32-33,37H,2-7H2,1H3,(H2,27,35)(H,29,36)/t8?,9-,12?,25-/m0/s1. The van der Waals surface area contributed by atoms with E-state index in [9.17, 15) is 39.6 Å². The number of rotatable bonds is 4. The van der Waals surface area contributed by atoms with Crippen molar-refractivity contribution >= 4 is 29.1 Å². The Morgan fingerprint density at radius 3 is 2.51 bits per heavy atom. The average Bonchev–Trinajstić information content (AvgIpc) is 2.83. The molecule has 0 saturated carbocycles. The molecule has 0 bridgehead atoms. The van der Waals surface area contributed by atoms with Crippen LogP contribution in [-0.2, 0) is 27.2 Å². The van der Waals surface area contributed by atoms with E-state index >= 15 is 4.39 Å².